The molecule has 4 heteroatoms. The number of rotatable bonds is 5. The van der Waals surface area contributed by atoms with Crippen molar-refractivity contribution in [2.24, 2.45) is 0 Å². The average molecular weight is 243 g/mol. The first-order chi connectivity index (χ1) is 8.79. The van der Waals surface area contributed by atoms with Crippen molar-refractivity contribution in [2.75, 3.05) is 7.11 Å². The molecule has 4 nitrogen and oxygen atoms in total. The molecule has 0 radical (unpaired) electrons. The molecule has 0 spiro atoms. The van der Waals surface area contributed by atoms with Crippen molar-refractivity contribution in [2.45, 2.75) is 19.5 Å². The Bertz CT molecular complexity index is 487. The van der Waals surface area contributed by atoms with E-state index in [1.807, 2.05) is 36.5 Å². The molecule has 1 atom stereocenters. The van der Waals surface area contributed by atoms with Gasteiger partial charge in [0.25, 0.3) is 0 Å². The highest BCUT2D eigenvalue weighted by molar-refractivity contribution is 5.20. The van der Waals surface area contributed by atoms with Gasteiger partial charge in [-0.15, -0.1) is 0 Å². The molecule has 0 fully saturated rings. The molecule has 0 saturated carbocycles. The Balaban J connectivity index is 1.95. The summed E-state index contributed by atoms with van der Waals surface area (Å²) in [4.78, 5) is 8.41. The lowest BCUT2D eigenvalue weighted by Gasteiger charge is -2.13. The van der Waals surface area contributed by atoms with E-state index in [9.17, 15) is 0 Å². The van der Waals surface area contributed by atoms with E-state index >= 15 is 0 Å². The molecule has 0 aliphatic heterocycles. The molecule has 0 aromatic carbocycles. The van der Waals surface area contributed by atoms with Gasteiger partial charge in [0, 0.05) is 31.0 Å². The maximum atomic E-state index is 5.10. The van der Waals surface area contributed by atoms with Gasteiger partial charge in [-0.3, -0.25) is 4.98 Å². The van der Waals surface area contributed by atoms with E-state index in [2.05, 4.69) is 22.2 Å². The van der Waals surface area contributed by atoms with Crippen LogP contribution < -0.4 is 10.1 Å². The Morgan fingerprint density at radius 2 is 2.11 bits per heavy atom. The third-order valence-electron chi connectivity index (χ3n) is 2.75. The fourth-order valence-corrected chi connectivity index (χ4v) is 1.68. The number of pyridine rings is 2. The zero-order valence-electron chi connectivity index (χ0n) is 10.6. The first-order valence-electron chi connectivity index (χ1n) is 5.93. The van der Waals surface area contributed by atoms with Gasteiger partial charge >= 0.3 is 0 Å². The Kier molecular flexibility index (Phi) is 4.25. The molecular formula is C14H17N3O. The molecule has 94 valence electrons. The molecule has 2 heterocycles. The summed E-state index contributed by atoms with van der Waals surface area (Å²) in [5, 5.41) is 3.42. The lowest BCUT2D eigenvalue weighted by molar-refractivity contribution is 0.397. The van der Waals surface area contributed by atoms with Gasteiger partial charge in [0.15, 0.2) is 0 Å². The minimum Gasteiger partial charge on any atom is -0.481 e. The second-order valence-corrected chi connectivity index (χ2v) is 4.06. The molecule has 0 aliphatic carbocycles. The van der Waals surface area contributed by atoms with Crippen LogP contribution in [0.4, 0.5) is 0 Å². The van der Waals surface area contributed by atoms with Crippen LogP contribution >= 0.6 is 0 Å². The van der Waals surface area contributed by atoms with Crippen LogP contribution in [0, 0.1) is 0 Å². The standard InChI is InChI=1S/C14H17N3O/c1-11(13-5-3-4-7-15-13)17-10-12-6-8-16-14(9-12)18-2/h3-9,11,17H,10H2,1-2H3. The highest BCUT2D eigenvalue weighted by Gasteiger charge is 2.05. The van der Waals surface area contributed by atoms with Gasteiger partial charge in [0.2, 0.25) is 5.88 Å². The highest BCUT2D eigenvalue weighted by Crippen LogP contribution is 2.12. The molecule has 2 rings (SSSR count). The van der Waals surface area contributed by atoms with Crippen LogP contribution in [0.2, 0.25) is 0 Å². The third kappa shape index (κ3) is 3.28. The first-order valence-corrected chi connectivity index (χ1v) is 5.93. The number of ether oxygens (including phenoxy) is 1. The Morgan fingerprint density at radius 1 is 1.22 bits per heavy atom. The van der Waals surface area contributed by atoms with Crippen LogP contribution in [0.1, 0.15) is 24.2 Å². The second-order valence-electron chi connectivity index (χ2n) is 4.06. The first kappa shape index (κ1) is 12.5. The second kappa shape index (κ2) is 6.12. The average Bonchev–Trinajstić information content (AvgIpc) is 2.46. The van der Waals surface area contributed by atoms with Gasteiger partial charge in [-0.1, -0.05) is 6.07 Å². The van der Waals surface area contributed by atoms with Crippen LogP contribution in [0.5, 0.6) is 5.88 Å². The molecular weight excluding hydrogens is 226 g/mol. The minimum absolute atomic E-state index is 0.213. The number of hydrogen-bond acceptors (Lipinski definition) is 4. The number of nitrogens with zero attached hydrogens (tertiary/aromatic N) is 2. The predicted molar refractivity (Wildman–Crippen MR) is 70.3 cm³/mol. The lowest BCUT2D eigenvalue weighted by Crippen LogP contribution is -2.19. The monoisotopic (exact) mass is 243 g/mol. The van der Waals surface area contributed by atoms with Crippen molar-refractivity contribution >= 4 is 0 Å². The molecule has 0 saturated heterocycles. The largest absolute Gasteiger partial charge is 0.481 e. The summed E-state index contributed by atoms with van der Waals surface area (Å²) in [5.74, 6) is 0.639. The highest BCUT2D eigenvalue weighted by atomic mass is 16.5. The van der Waals surface area contributed by atoms with E-state index in [-0.39, 0.29) is 6.04 Å². The van der Waals surface area contributed by atoms with Gasteiger partial charge in [0.1, 0.15) is 0 Å². The van der Waals surface area contributed by atoms with Crippen molar-refractivity contribution in [3.63, 3.8) is 0 Å². The molecule has 2 aromatic heterocycles. The summed E-state index contributed by atoms with van der Waals surface area (Å²) < 4.78 is 5.10. The lowest BCUT2D eigenvalue weighted by atomic mass is 10.2. The molecule has 0 amide bonds. The molecule has 2 aromatic rings. The Labute approximate surface area is 107 Å². The van der Waals surface area contributed by atoms with Crippen LogP contribution in [0.25, 0.3) is 0 Å². The number of methoxy groups -OCH3 is 1. The van der Waals surface area contributed by atoms with Crippen LogP contribution in [-0.2, 0) is 6.54 Å². The summed E-state index contributed by atoms with van der Waals surface area (Å²) in [6.07, 6.45) is 3.56. The summed E-state index contributed by atoms with van der Waals surface area (Å²) >= 11 is 0. The van der Waals surface area contributed by atoms with Crippen molar-refractivity contribution in [1.82, 2.24) is 15.3 Å². The fourth-order valence-electron chi connectivity index (χ4n) is 1.68. The van der Waals surface area contributed by atoms with Crippen LogP contribution in [0.15, 0.2) is 42.7 Å². The van der Waals surface area contributed by atoms with Crippen molar-refractivity contribution in [3.05, 3.63) is 54.0 Å². The number of nitrogens with one attached hydrogen (secondary N) is 1. The van der Waals surface area contributed by atoms with Gasteiger partial charge in [0.05, 0.1) is 12.8 Å². The number of hydrogen-bond donors (Lipinski definition) is 1. The minimum atomic E-state index is 0.213. The topological polar surface area (TPSA) is 47.0 Å². The van der Waals surface area contributed by atoms with Gasteiger partial charge < -0.3 is 10.1 Å². The predicted octanol–water partition coefficient (Wildman–Crippen LogP) is 2.34. The summed E-state index contributed by atoms with van der Waals surface area (Å²) in [7, 11) is 1.62. The zero-order valence-corrected chi connectivity index (χ0v) is 10.6. The van der Waals surface area contributed by atoms with E-state index in [4.69, 9.17) is 4.74 Å². The summed E-state index contributed by atoms with van der Waals surface area (Å²) in [6.45, 7) is 2.86. The van der Waals surface area contributed by atoms with E-state index in [0.29, 0.717) is 5.88 Å². The van der Waals surface area contributed by atoms with Crippen molar-refractivity contribution in [1.29, 1.82) is 0 Å². The molecule has 18 heavy (non-hydrogen) atoms. The molecule has 0 aliphatic rings. The van der Waals surface area contributed by atoms with E-state index < -0.39 is 0 Å². The summed E-state index contributed by atoms with van der Waals surface area (Å²) in [6, 6.07) is 10.1. The molecule has 1 unspecified atom stereocenters. The van der Waals surface area contributed by atoms with Crippen LogP contribution in [-0.4, -0.2) is 17.1 Å². The van der Waals surface area contributed by atoms with Crippen molar-refractivity contribution < 1.29 is 4.74 Å². The van der Waals surface area contributed by atoms with Gasteiger partial charge in [-0.05, 0) is 30.7 Å². The Morgan fingerprint density at radius 3 is 2.83 bits per heavy atom. The SMILES string of the molecule is COc1cc(CNC(C)c2ccccn2)ccn1. The zero-order chi connectivity index (χ0) is 12.8. The van der Waals surface area contributed by atoms with E-state index in [1.54, 1.807) is 13.3 Å². The van der Waals surface area contributed by atoms with E-state index in [1.165, 1.54) is 0 Å². The van der Waals surface area contributed by atoms with Crippen LogP contribution in [0.3, 0.4) is 0 Å². The third-order valence-corrected chi connectivity index (χ3v) is 2.75. The molecule has 1 N–H and O–H groups in total. The Hall–Kier alpha value is -1.94. The van der Waals surface area contributed by atoms with Gasteiger partial charge in [-0.25, -0.2) is 4.98 Å². The normalized spacial score (nSPS) is 12.1. The van der Waals surface area contributed by atoms with Gasteiger partial charge in [-0.2, -0.15) is 0 Å². The fraction of sp³-hybridized carbons (Fsp3) is 0.286. The van der Waals surface area contributed by atoms with E-state index in [0.717, 1.165) is 17.8 Å². The maximum absolute atomic E-state index is 5.10. The summed E-state index contributed by atoms with van der Waals surface area (Å²) in [5.41, 5.74) is 2.18. The quantitative estimate of drug-likeness (QED) is 0.875. The maximum Gasteiger partial charge on any atom is 0.213 e. The molecule has 0 bridgehead atoms. The smallest absolute Gasteiger partial charge is 0.213 e. The number of aromatic nitrogens is 2. The van der Waals surface area contributed by atoms with Crippen molar-refractivity contribution in [3.8, 4) is 5.88 Å².